The van der Waals surface area contributed by atoms with Crippen molar-refractivity contribution in [3.63, 3.8) is 0 Å². The molecular weight excluding hydrogens is 384 g/mol. The Bertz CT molecular complexity index is 697. The standard InChI is InChI=1S/C25H35ClO3/c1-3-6-25(28-2)19-13-10-18(11-14-19)12-15-21-22(24(27)17-23(21)26)9-4-7-20-8-5-16-29-20/h5,8,10-11,13-14,16,21-25,27H,3-4,6-7,9,12,15,17H2,1-2H3/t21-,22-,23?,24?,25?/m1/s1. The summed E-state index contributed by atoms with van der Waals surface area (Å²) in [6, 6.07) is 12.8. The molecule has 1 aliphatic carbocycles. The Morgan fingerprint density at radius 3 is 2.59 bits per heavy atom. The van der Waals surface area contributed by atoms with Gasteiger partial charge < -0.3 is 14.3 Å². The van der Waals surface area contributed by atoms with Crippen molar-refractivity contribution in [1.29, 1.82) is 0 Å². The Morgan fingerprint density at radius 1 is 1.14 bits per heavy atom. The molecule has 1 heterocycles. The van der Waals surface area contributed by atoms with Crippen LogP contribution in [0.3, 0.4) is 0 Å². The number of hydrogen-bond donors (Lipinski definition) is 1. The molecule has 1 aliphatic rings. The molecule has 160 valence electrons. The molecule has 1 N–H and O–H groups in total. The van der Waals surface area contributed by atoms with Crippen LogP contribution in [0.25, 0.3) is 0 Å². The van der Waals surface area contributed by atoms with E-state index in [1.165, 1.54) is 11.1 Å². The van der Waals surface area contributed by atoms with E-state index in [1.807, 2.05) is 12.1 Å². The van der Waals surface area contributed by atoms with Crippen LogP contribution in [-0.4, -0.2) is 23.7 Å². The minimum Gasteiger partial charge on any atom is -0.469 e. The van der Waals surface area contributed by atoms with Crippen LogP contribution in [-0.2, 0) is 17.6 Å². The van der Waals surface area contributed by atoms with E-state index in [1.54, 1.807) is 13.4 Å². The van der Waals surface area contributed by atoms with Gasteiger partial charge in [0.2, 0.25) is 0 Å². The zero-order valence-corrected chi connectivity index (χ0v) is 18.5. The summed E-state index contributed by atoms with van der Waals surface area (Å²) in [6.45, 7) is 2.18. The Labute approximate surface area is 180 Å². The molecule has 3 unspecified atom stereocenters. The first-order chi connectivity index (χ1) is 14.1. The van der Waals surface area contributed by atoms with Crippen LogP contribution in [0.15, 0.2) is 47.1 Å². The number of aliphatic hydroxyl groups is 1. The van der Waals surface area contributed by atoms with Crippen molar-refractivity contribution in [1.82, 2.24) is 0 Å². The average molecular weight is 419 g/mol. The molecule has 0 aliphatic heterocycles. The third kappa shape index (κ3) is 6.10. The minimum atomic E-state index is -0.280. The number of hydrogen-bond acceptors (Lipinski definition) is 3. The van der Waals surface area contributed by atoms with E-state index in [-0.39, 0.29) is 23.5 Å². The van der Waals surface area contributed by atoms with Crippen LogP contribution in [0.1, 0.15) is 68.4 Å². The fraction of sp³-hybridized carbons (Fsp3) is 0.600. The first-order valence-electron chi connectivity index (χ1n) is 11.1. The molecule has 1 aromatic carbocycles. The normalized spacial score (nSPS) is 25.4. The largest absolute Gasteiger partial charge is 0.469 e. The van der Waals surface area contributed by atoms with Crippen molar-refractivity contribution in [2.24, 2.45) is 11.8 Å². The van der Waals surface area contributed by atoms with Crippen molar-refractivity contribution < 1.29 is 14.3 Å². The molecule has 1 fully saturated rings. The van der Waals surface area contributed by atoms with Gasteiger partial charge >= 0.3 is 0 Å². The van der Waals surface area contributed by atoms with Crippen LogP contribution in [0.4, 0.5) is 0 Å². The van der Waals surface area contributed by atoms with Crippen LogP contribution < -0.4 is 0 Å². The lowest BCUT2D eigenvalue weighted by molar-refractivity contribution is 0.0950. The van der Waals surface area contributed by atoms with E-state index in [9.17, 15) is 5.11 Å². The Morgan fingerprint density at radius 2 is 1.93 bits per heavy atom. The van der Waals surface area contributed by atoms with Gasteiger partial charge in [-0.2, -0.15) is 0 Å². The molecular formula is C25H35ClO3. The van der Waals surface area contributed by atoms with Gasteiger partial charge in [-0.1, -0.05) is 37.6 Å². The molecule has 3 rings (SSSR count). The third-order valence-corrected chi connectivity index (χ3v) is 6.97. The third-order valence-electron chi connectivity index (χ3n) is 6.47. The van der Waals surface area contributed by atoms with Crippen molar-refractivity contribution in [3.05, 3.63) is 59.5 Å². The van der Waals surface area contributed by atoms with Gasteiger partial charge in [-0.05, 0) is 73.6 Å². The zero-order valence-electron chi connectivity index (χ0n) is 17.7. The van der Waals surface area contributed by atoms with Crippen molar-refractivity contribution in [3.8, 4) is 0 Å². The maximum absolute atomic E-state index is 10.5. The predicted molar refractivity (Wildman–Crippen MR) is 118 cm³/mol. The van der Waals surface area contributed by atoms with E-state index in [4.69, 9.17) is 20.8 Å². The highest BCUT2D eigenvalue weighted by molar-refractivity contribution is 6.21. The fourth-order valence-corrected chi connectivity index (χ4v) is 5.31. The summed E-state index contributed by atoms with van der Waals surface area (Å²) in [6.07, 6.45) is 9.48. The van der Waals surface area contributed by atoms with Gasteiger partial charge in [0.15, 0.2) is 0 Å². The lowest BCUT2D eigenvalue weighted by atomic mass is 9.85. The number of furan rings is 1. The molecule has 5 atom stereocenters. The van der Waals surface area contributed by atoms with E-state index in [0.717, 1.165) is 50.7 Å². The maximum Gasteiger partial charge on any atom is 0.103 e. The van der Waals surface area contributed by atoms with Crippen molar-refractivity contribution >= 4 is 11.6 Å². The first kappa shape index (κ1) is 22.4. The number of ether oxygens (including phenoxy) is 1. The van der Waals surface area contributed by atoms with Gasteiger partial charge in [0.1, 0.15) is 5.76 Å². The van der Waals surface area contributed by atoms with Gasteiger partial charge in [0.05, 0.1) is 18.5 Å². The molecule has 4 heteroatoms. The molecule has 1 saturated carbocycles. The molecule has 0 spiro atoms. The quantitative estimate of drug-likeness (QED) is 0.433. The highest BCUT2D eigenvalue weighted by atomic mass is 35.5. The fourth-order valence-electron chi connectivity index (χ4n) is 4.82. The number of methoxy groups -OCH3 is 1. The molecule has 1 aromatic heterocycles. The zero-order chi connectivity index (χ0) is 20.6. The average Bonchev–Trinajstić information content (AvgIpc) is 3.33. The monoisotopic (exact) mass is 418 g/mol. The van der Waals surface area contributed by atoms with Crippen LogP contribution >= 0.6 is 11.6 Å². The number of aryl methyl sites for hydroxylation is 2. The smallest absolute Gasteiger partial charge is 0.103 e. The van der Waals surface area contributed by atoms with Crippen LogP contribution in [0.2, 0.25) is 0 Å². The summed E-state index contributed by atoms with van der Waals surface area (Å²) in [5.41, 5.74) is 2.58. The highest BCUT2D eigenvalue weighted by Crippen LogP contribution is 2.41. The van der Waals surface area contributed by atoms with Gasteiger partial charge in [0.25, 0.3) is 0 Å². The van der Waals surface area contributed by atoms with Gasteiger partial charge in [-0.25, -0.2) is 0 Å². The summed E-state index contributed by atoms with van der Waals surface area (Å²) in [5.74, 6) is 1.68. The van der Waals surface area contributed by atoms with Gasteiger partial charge in [0, 0.05) is 18.9 Å². The minimum absolute atomic E-state index is 0.0697. The highest BCUT2D eigenvalue weighted by Gasteiger charge is 2.40. The summed E-state index contributed by atoms with van der Waals surface area (Å²) >= 11 is 6.64. The van der Waals surface area contributed by atoms with Crippen LogP contribution in [0.5, 0.6) is 0 Å². The molecule has 29 heavy (non-hydrogen) atoms. The Hall–Kier alpha value is -1.29. The topological polar surface area (TPSA) is 42.6 Å². The summed E-state index contributed by atoms with van der Waals surface area (Å²) in [5, 5.41) is 10.6. The predicted octanol–water partition coefficient (Wildman–Crippen LogP) is 6.33. The van der Waals surface area contributed by atoms with E-state index in [2.05, 4.69) is 31.2 Å². The second-order valence-electron chi connectivity index (χ2n) is 8.41. The second-order valence-corrected chi connectivity index (χ2v) is 8.97. The molecule has 3 nitrogen and oxygen atoms in total. The molecule has 2 aromatic rings. The number of benzene rings is 1. The second kappa shape index (κ2) is 11.2. The number of aliphatic hydroxyl groups excluding tert-OH is 1. The van der Waals surface area contributed by atoms with Gasteiger partial charge in [-0.15, -0.1) is 11.6 Å². The lowest BCUT2D eigenvalue weighted by Gasteiger charge is -2.23. The number of rotatable bonds is 11. The molecule has 0 saturated heterocycles. The maximum atomic E-state index is 10.5. The van der Waals surface area contributed by atoms with Gasteiger partial charge in [-0.3, -0.25) is 0 Å². The van der Waals surface area contributed by atoms with E-state index >= 15 is 0 Å². The SMILES string of the molecule is CCCC(OC)c1ccc(CC[C@H]2C(Cl)CC(O)[C@@H]2CCCc2ccco2)cc1. The molecule has 0 amide bonds. The van der Waals surface area contributed by atoms with Crippen molar-refractivity contribution in [2.45, 2.75) is 75.9 Å². The Kier molecular flexibility index (Phi) is 8.65. The molecule has 0 bridgehead atoms. The number of alkyl halides is 1. The molecule has 0 radical (unpaired) electrons. The Balaban J connectivity index is 1.53. The summed E-state index contributed by atoms with van der Waals surface area (Å²) < 4.78 is 11.0. The lowest BCUT2D eigenvalue weighted by Crippen LogP contribution is -2.21. The first-order valence-corrected chi connectivity index (χ1v) is 11.5. The number of halogens is 1. The van der Waals surface area contributed by atoms with Crippen LogP contribution in [0, 0.1) is 11.8 Å². The van der Waals surface area contributed by atoms with E-state index < -0.39 is 0 Å². The summed E-state index contributed by atoms with van der Waals surface area (Å²) in [7, 11) is 1.78. The van der Waals surface area contributed by atoms with E-state index in [0.29, 0.717) is 12.3 Å². The summed E-state index contributed by atoms with van der Waals surface area (Å²) in [4.78, 5) is 0. The van der Waals surface area contributed by atoms with Crippen molar-refractivity contribution in [2.75, 3.05) is 7.11 Å².